The molecule has 3 fully saturated rings. The second kappa shape index (κ2) is 15.5. The van der Waals surface area contributed by atoms with E-state index in [0.717, 1.165) is 12.1 Å². The van der Waals surface area contributed by atoms with Crippen molar-refractivity contribution in [2.45, 2.75) is 92.9 Å². The number of aromatic hydroxyl groups is 2. The van der Waals surface area contributed by atoms with Crippen LogP contribution in [0.1, 0.15) is 6.92 Å². The topological polar surface area (TPSA) is 317 Å². The first-order chi connectivity index (χ1) is 25.1. The summed E-state index contributed by atoms with van der Waals surface area (Å²) in [5.74, 6) is -2.43. The number of benzene rings is 2. The molecular formula is C33H40O20. The lowest BCUT2D eigenvalue weighted by Crippen LogP contribution is -2.64. The van der Waals surface area contributed by atoms with E-state index in [1.54, 1.807) is 0 Å². The first-order valence-corrected chi connectivity index (χ1v) is 16.3. The predicted octanol–water partition coefficient (Wildman–Crippen LogP) is -3.27. The van der Waals surface area contributed by atoms with E-state index in [2.05, 4.69) is 0 Å². The van der Waals surface area contributed by atoms with Gasteiger partial charge in [-0.1, -0.05) is 0 Å². The molecule has 292 valence electrons. The second-order valence-electron chi connectivity index (χ2n) is 12.8. The molecule has 20 nitrogen and oxygen atoms in total. The third kappa shape index (κ3) is 7.34. The third-order valence-electron chi connectivity index (χ3n) is 9.21. The van der Waals surface area contributed by atoms with Crippen molar-refractivity contribution in [2.75, 3.05) is 20.3 Å². The van der Waals surface area contributed by atoms with Gasteiger partial charge in [-0.25, -0.2) is 0 Å². The van der Waals surface area contributed by atoms with Crippen molar-refractivity contribution in [1.29, 1.82) is 0 Å². The molecule has 0 bridgehead atoms. The van der Waals surface area contributed by atoms with Crippen molar-refractivity contribution >= 4 is 11.0 Å². The SMILES string of the molecule is COc1cc(-c2oc3cc(OC4OC(C)C(O)C(O)C4O)cc(O)c3c(=O)c2OC2OC(CO)C(O)C(O)C2OC2OCC(O)C(O)C2O)ccc1O. The molecule has 0 spiro atoms. The Labute approximate surface area is 298 Å². The highest BCUT2D eigenvalue weighted by Crippen LogP contribution is 2.41. The van der Waals surface area contributed by atoms with Crippen LogP contribution in [0.15, 0.2) is 39.5 Å². The molecule has 3 aliphatic rings. The van der Waals surface area contributed by atoms with Crippen molar-refractivity contribution in [3.63, 3.8) is 0 Å². The van der Waals surface area contributed by atoms with Crippen LogP contribution >= 0.6 is 0 Å². The highest BCUT2D eigenvalue weighted by atomic mass is 16.8. The van der Waals surface area contributed by atoms with E-state index in [1.807, 2.05) is 0 Å². The summed E-state index contributed by atoms with van der Waals surface area (Å²) in [4.78, 5) is 14.3. The fraction of sp³-hybridized carbons (Fsp3) is 0.545. The number of hydrogen-bond acceptors (Lipinski definition) is 20. The molecule has 53 heavy (non-hydrogen) atoms. The molecule has 4 heterocycles. The molecule has 20 heteroatoms. The third-order valence-corrected chi connectivity index (χ3v) is 9.21. The van der Waals surface area contributed by atoms with Crippen LogP contribution in [-0.4, -0.2) is 163 Å². The van der Waals surface area contributed by atoms with Gasteiger partial charge >= 0.3 is 0 Å². The lowest BCUT2D eigenvalue weighted by molar-refractivity contribution is -0.345. The van der Waals surface area contributed by atoms with Crippen LogP contribution in [0.3, 0.4) is 0 Å². The Morgan fingerprint density at radius 3 is 2.19 bits per heavy atom. The normalized spacial score (nSPS) is 36.3. The summed E-state index contributed by atoms with van der Waals surface area (Å²) in [6.07, 6.45) is -23.1. The fourth-order valence-electron chi connectivity index (χ4n) is 6.15. The average Bonchev–Trinajstić information content (AvgIpc) is 3.13. The van der Waals surface area contributed by atoms with E-state index in [9.17, 15) is 61.0 Å². The van der Waals surface area contributed by atoms with E-state index in [4.69, 9.17) is 37.6 Å². The number of methoxy groups -OCH3 is 1. The van der Waals surface area contributed by atoms with Gasteiger partial charge in [-0.05, 0) is 25.1 Å². The first kappa shape index (κ1) is 38.8. The lowest BCUT2D eigenvalue weighted by atomic mass is 9.98. The zero-order chi connectivity index (χ0) is 38.5. The molecule has 0 aliphatic carbocycles. The molecule has 0 saturated carbocycles. The molecule has 3 aromatic rings. The van der Waals surface area contributed by atoms with Crippen LogP contribution in [0.25, 0.3) is 22.3 Å². The fourth-order valence-corrected chi connectivity index (χ4v) is 6.15. The monoisotopic (exact) mass is 756 g/mol. The van der Waals surface area contributed by atoms with Crippen LogP contribution in [-0.2, 0) is 18.9 Å². The summed E-state index contributed by atoms with van der Waals surface area (Å²) in [7, 11) is 1.25. The Morgan fingerprint density at radius 1 is 0.774 bits per heavy atom. The van der Waals surface area contributed by atoms with Crippen LogP contribution in [0, 0.1) is 0 Å². The van der Waals surface area contributed by atoms with Gasteiger partial charge in [0.15, 0.2) is 29.7 Å². The number of hydrogen-bond donors (Lipinski definition) is 11. The number of aliphatic hydroxyl groups is 9. The van der Waals surface area contributed by atoms with E-state index in [1.165, 1.54) is 32.2 Å². The number of phenols is 2. The van der Waals surface area contributed by atoms with Gasteiger partial charge in [0.1, 0.15) is 77.4 Å². The molecule has 2 aromatic carbocycles. The van der Waals surface area contributed by atoms with Gasteiger partial charge in [-0.3, -0.25) is 4.79 Å². The van der Waals surface area contributed by atoms with Crippen molar-refractivity contribution in [3.05, 3.63) is 40.6 Å². The van der Waals surface area contributed by atoms with Crippen LogP contribution in [0.4, 0.5) is 0 Å². The smallest absolute Gasteiger partial charge is 0.239 e. The van der Waals surface area contributed by atoms with Crippen molar-refractivity contribution in [2.24, 2.45) is 0 Å². The van der Waals surface area contributed by atoms with Gasteiger partial charge in [0.05, 0.1) is 26.4 Å². The number of fused-ring (bicyclic) bond motifs is 1. The summed E-state index contributed by atoms with van der Waals surface area (Å²) in [6.45, 7) is 0.0721. The van der Waals surface area contributed by atoms with Crippen LogP contribution in [0.2, 0.25) is 0 Å². The molecule has 0 radical (unpaired) electrons. The molecule has 0 amide bonds. The van der Waals surface area contributed by atoms with Gasteiger partial charge < -0.3 is 93.7 Å². The molecule has 6 rings (SSSR count). The molecular weight excluding hydrogens is 716 g/mol. The quantitative estimate of drug-likeness (QED) is 0.102. The zero-order valence-corrected chi connectivity index (χ0v) is 28.0. The van der Waals surface area contributed by atoms with E-state index in [-0.39, 0.29) is 28.4 Å². The van der Waals surface area contributed by atoms with Crippen LogP contribution in [0.5, 0.6) is 28.7 Å². The summed E-state index contributed by atoms with van der Waals surface area (Å²) >= 11 is 0. The predicted molar refractivity (Wildman–Crippen MR) is 172 cm³/mol. The Morgan fingerprint density at radius 2 is 1.49 bits per heavy atom. The van der Waals surface area contributed by atoms with Gasteiger partial charge in [0, 0.05) is 17.7 Å². The van der Waals surface area contributed by atoms with Crippen molar-refractivity contribution in [3.8, 4) is 40.1 Å². The number of ether oxygens (including phenoxy) is 7. The maximum Gasteiger partial charge on any atom is 0.239 e. The number of aliphatic hydroxyl groups excluding tert-OH is 9. The lowest BCUT2D eigenvalue weighted by Gasteiger charge is -2.44. The Bertz CT molecular complexity index is 1820. The van der Waals surface area contributed by atoms with Crippen molar-refractivity contribution < 1.29 is 93.7 Å². The minimum atomic E-state index is -1.94. The van der Waals surface area contributed by atoms with E-state index >= 15 is 0 Å². The maximum atomic E-state index is 14.3. The van der Waals surface area contributed by atoms with Gasteiger partial charge in [0.25, 0.3) is 0 Å². The minimum absolute atomic E-state index is 0.0344. The summed E-state index contributed by atoms with van der Waals surface area (Å²) in [6, 6.07) is 5.88. The van der Waals surface area contributed by atoms with Gasteiger partial charge in [-0.2, -0.15) is 0 Å². The summed E-state index contributed by atoms with van der Waals surface area (Å²) in [5, 5.41) is 114. The number of rotatable bonds is 9. The molecule has 3 aliphatic heterocycles. The van der Waals surface area contributed by atoms with Crippen molar-refractivity contribution in [1.82, 2.24) is 0 Å². The first-order valence-electron chi connectivity index (χ1n) is 16.3. The summed E-state index contributed by atoms with van der Waals surface area (Å²) in [5.41, 5.74) is -1.35. The van der Waals surface area contributed by atoms with Crippen LogP contribution < -0.4 is 19.6 Å². The Kier molecular flexibility index (Phi) is 11.3. The molecule has 14 atom stereocenters. The Balaban J connectivity index is 1.44. The zero-order valence-electron chi connectivity index (χ0n) is 28.0. The second-order valence-corrected chi connectivity index (χ2v) is 12.8. The standard InChI is InChI=1S/C33H40O20/c1-10-20(38)24(42)27(45)32(48-10)49-12-6-14(36)19-17(7-12)50-28(11-3-4-13(35)16(5-11)46-2)29(23(19)41)52-33-30(25(43)22(40)18(8-34)51-33)53-31-26(44)21(39)15(37)9-47-31/h3-7,10,15,18,20-22,24-27,30-40,42-45H,8-9H2,1-2H3. The highest BCUT2D eigenvalue weighted by Gasteiger charge is 2.50. The average molecular weight is 757 g/mol. The molecule has 14 unspecified atom stereocenters. The molecule has 11 N–H and O–H groups in total. The highest BCUT2D eigenvalue weighted by molar-refractivity contribution is 5.88. The largest absolute Gasteiger partial charge is 0.507 e. The Hall–Kier alpha value is -3.87. The molecule has 1 aromatic heterocycles. The van der Waals surface area contributed by atoms with E-state index < -0.39 is 127 Å². The van der Waals surface area contributed by atoms with Gasteiger partial charge in [-0.15, -0.1) is 0 Å². The molecule has 3 saturated heterocycles. The maximum absolute atomic E-state index is 14.3. The van der Waals surface area contributed by atoms with E-state index in [0.29, 0.717) is 0 Å². The minimum Gasteiger partial charge on any atom is -0.507 e. The summed E-state index contributed by atoms with van der Waals surface area (Å²) < 4.78 is 45.1. The number of phenolic OH excluding ortho intramolecular Hbond substituents is 2. The van der Waals surface area contributed by atoms with Gasteiger partial charge in [0.2, 0.25) is 23.8 Å².